The minimum Gasteiger partial charge on any atom is -0.369 e. The van der Waals surface area contributed by atoms with E-state index in [1.807, 2.05) is 25.1 Å². The van der Waals surface area contributed by atoms with Crippen LogP contribution in [0.25, 0.3) is 10.2 Å². The van der Waals surface area contributed by atoms with Crippen LogP contribution in [0.3, 0.4) is 0 Å². The molecule has 0 aliphatic carbocycles. The molecule has 2 aromatic heterocycles. The van der Waals surface area contributed by atoms with Gasteiger partial charge in [-0.15, -0.1) is 11.3 Å². The van der Waals surface area contributed by atoms with Crippen molar-refractivity contribution in [3.8, 4) is 0 Å². The molecule has 3 rings (SSSR count). The fourth-order valence-corrected chi connectivity index (χ4v) is 3.38. The predicted molar refractivity (Wildman–Crippen MR) is 110 cm³/mol. The van der Waals surface area contributed by atoms with Crippen molar-refractivity contribution in [2.45, 2.75) is 26.3 Å². The van der Waals surface area contributed by atoms with Gasteiger partial charge in [-0.2, -0.15) is 4.98 Å². The number of nitrogens with two attached hydrogens (primary N) is 2. The molecule has 2 atom stereocenters. The molecule has 3 aromatic rings. The molecule has 10 heteroatoms. The van der Waals surface area contributed by atoms with E-state index in [0.717, 1.165) is 15.9 Å². The van der Waals surface area contributed by atoms with Gasteiger partial charge in [0, 0.05) is 23.8 Å². The van der Waals surface area contributed by atoms with Crippen molar-refractivity contribution in [1.82, 2.24) is 15.0 Å². The molecule has 0 aliphatic heterocycles. The standard InChI is InChI=1S/C18H21N7O2S/c1-9(15(19)26)5-10(2)23-18-21-7-12(16(20)27)17(25-18)24-11-3-4-14-13(6-11)22-8-28-14/h3-4,6-10H,5H2,1-2H3,(H2,19,26)(H2,20,27)(H2,21,23,24,25). The first-order chi connectivity index (χ1) is 13.3. The van der Waals surface area contributed by atoms with E-state index < -0.39 is 5.91 Å². The van der Waals surface area contributed by atoms with E-state index in [-0.39, 0.29) is 29.2 Å². The number of nitrogens with zero attached hydrogens (tertiary/aromatic N) is 3. The van der Waals surface area contributed by atoms with Crippen molar-refractivity contribution in [2.75, 3.05) is 10.6 Å². The molecule has 2 heterocycles. The second-order valence-electron chi connectivity index (χ2n) is 6.56. The fourth-order valence-electron chi connectivity index (χ4n) is 2.73. The Labute approximate surface area is 165 Å². The van der Waals surface area contributed by atoms with Gasteiger partial charge in [-0.05, 0) is 31.5 Å². The number of anilines is 3. The highest BCUT2D eigenvalue weighted by atomic mass is 32.1. The first-order valence-electron chi connectivity index (χ1n) is 8.66. The molecule has 146 valence electrons. The maximum atomic E-state index is 11.8. The normalized spacial score (nSPS) is 13.1. The number of thiazole rings is 1. The Balaban J connectivity index is 1.83. The molecule has 2 amide bonds. The lowest BCUT2D eigenvalue weighted by atomic mass is 10.0. The largest absolute Gasteiger partial charge is 0.369 e. The topological polar surface area (TPSA) is 149 Å². The van der Waals surface area contributed by atoms with E-state index >= 15 is 0 Å². The van der Waals surface area contributed by atoms with E-state index in [0.29, 0.717) is 12.4 Å². The molecule has 0 saturated heterocycles. The van der Waals surface area contributed by atoms with Gasteiger partial charge in [0.1, 0.15) is 11.4 Å². The zero-order valence-corrected chi connectivity index (χ0v) is 16.3. The first-order valence-corrected chi connectivity index (χ1v) is 9.54. The number of aromatic nitrogens is 3. The molecule has 0 spiro atoms. The lowest BCUT2D eigenvalue weighted by Gasteiger charge is -2.17. The summed E-state index contributed by atoms with van der Waals surface area (Å²) >= 11 is 1.54. The van der Waals surface area contributed by atoms with Crippen LogP contribution >= 0.6 is 11.3 Å². The molecule has 0 fully saturated rings. The van der Waals surface area contributed by atoms with Crippen LogP contribution in [-0.2, 0) is 4.79 Å². The van der Waals surface area contributed by atoms with Crippen LogP contribution in [0.4, 0.5) is 17.5 Å². The minimum absolute atomic E-state index is 0.0962. The highest BCUT2D eigenvalue weighted by Crippen LogP contribution is 2.25. The van der Waals surface area contributed by atoms with Crippen molar-refractivity contribution in [2.24, 2.45) is 17.4 Å². The lowest BCUT2D eigenvalue weighted by Crippen LogP contribution is -2.28. The van der Waals surface area contributed by atoms with Gasteiger partial charge in [-0.1, -0.05) is 6.92 Å². The SMILES string of the molecule is CC(CC(C)C(N)=O)Nc1ncc(C(N)=O)c(Nc2ccc3scnc3c2)n1. The number of fused-ring (bicyclic) bond motifs is 1. The van der Waals surface area contributed by atoms with Crippen LogP contribution in [0.1, 0.15) is 30.6 Å². The number of hydrogen-bond donors (Lipinski definition) is 4. The molecule has 1 aromatic carbocycles. The van der Waals surface area contributed by atoms with Crippen molar-refractivity contribution >= 4 is 50.8 Å². The summed E-state index contributed by atoms with van der Waals surface area (Å²) in [6.07, 6.45) is 1.89. The zero-order valence-electron chi connectivity index (χ0n) is 15.5. The summed E-state index contributed by atoms with van der Waals surface area (Å²) in [7, 11) is 0. The lowest BCUT2D eigenvalue weighted by molar-refractivity contribution is -0.121. The zero-order chi connectivity index (χ0) is 20.3. The Morgan fingerprint density at radius 1 is 1.21 bits per heavy atom. The molecule has 9 nitrogen and oxygen atoms in total. The number of primary amides is 2. The van der Waals surface area contributed by atoms with Crippen LogP contribution in [0, 0.1) is 5.92 Å². The summed E-state index contributed by atoms with van der Waals surface area (Å²) in [5.74, 6) is -0.686. The molecule has 0 saturated carbocycles. The maximum Gasteiger partial charge on any atom is 0.254 e. The quantitative estimate of drug-likeness (QED) is 0.454. The monoisotopic (exact) mass is 399 g/mol. The Kier molecular flexibility index (Phi) is 5.69. The summed E-state index contributed by atoms with van der Waals surface area (Å²) in [5.41, 5.74) is 14.3. The van der Waals surface area contributed by atoms with E-state index in [2.05, 4.69) is 25.6 Å². The molecule has 28 heavy (non-hydrogen) atoms. The molecule has 6 N–H and O–H groups in total. The van der Waals surface area contributed by atoms with Crippen LogP contribution in [-0.4, -0.2) is 32.8 Å². The van der Waals surface area contributed by atoms with E-state index in [4.69, 9.17) is 11.5 Å². The van der Waals surface area contributed by atoms with Gasteiger partial charge in [0.15, 0.2) is 0 Å². The van der Waals surface area contributed by atoms with Crippen LogP contribution < -0.4 is 22.1 Å². The van der Waals surface area contributed by atoms with Crippen molar-refractivity contribution in [1.29, 1.82) is 0 Å². The first kappa shape index (κ1) is 19.5. The van der Waals surface area contributed by atoms with Gasteiger partial charge in [0.25, 0.3) is 5.91 Å². The predicted octanol–water partition coefficient (Wildman–Crippen LogP) is 2.24. The average molecular weight is 399 g/mol. The number of hydrogen-bond acceptors (Lipinski definition) is 8. The number of carbonyl (C=O) groups excluding carboxylic acids is 2. The van der Waals surface area contributed by atoms with E-state index in [9.17, 15) is 9.59 Å². The Hall–Kier alpha value is -3.27. The number of carbonyl (C=O) groups is 2. The smallest absolute Gasteiger partial charge is 0.254 e. The molecule has 0 radical (unpaired) electrons. The van der Waals surface area contributed by atoms with Crippen LogP contribution in [0.2, 0.25) is 0 Å². The van der Waals surface area contributed by atoms with Crippen molar-refractivity contribution < 1.29 is 9.59 Å². The second kappa shape index (κ2) is 8.17. The van der Waals surface area contributed by atoms with Gasteiger partial charge in [-0.25, -0.2) is 9.97 Å². The third-order valence-corrected chi connectivity index (χ3v) is 5.03. The van der Waals surface area contributed by atoms with Gasteiger partial charge in [0.05, 0.1) is 15.7 Å². The summed E-state index contributed by atoms with van der Waals surface area (Å²) in [6.45, 7) is 3.66. The maximum absolute atomic E-state index is 11.8. The van der Waals surface area contributed by atoms with Gasteiger partial charge in [-0.3, -0.25) is 9.59 Å². The average Bonchev–Trinajstić information content (AvgIpc) is 3.09. The second-order valence-corrected chi connectivity index (χ2v) is 7.45. The summed E-state index contributed by atoms with van der Waals surface area (Å²) in [5, 5.41) is 6.22. The Morgan fingerprint density at radius 2 is 2.00 bits per heavy atom. The van der Waals surface area contributed by atoms with Crippen LogP contribution in [0.15, 0.2) is 29.9 Å². The number of benzene rings is 1. The summed E-state index contributed by atoms with van der Waals surface area (Å²) < 4.78 is 1.06. The van der Waals surface area contributed by atoms with E-state index in [1.54, 1.807) is 23.8 Å². The molecule has 2 unspecified atom stereocenters. The van der Waals surface area contributed by atoms with Gasteiger partial charge >= 0.3 is 0 Å². The third kappa shape index (κ3) is 4.52. The fraction of sp³-hybridized carbons (Fsp3) is 0.278. The molecular formula is C18H21N7O2S. The Bertz CT molecular complexity index is 1020. The van der Waals surface area contributed by atoms with Crippen LogP contribution in [0.5, 0.6) is 0 Å². The molecule has 0 bridgehead atoms. The van der Waals surface area contributed by atoms with Crippen molar-refractivity contribution in [3.63, 3.8) is 0 Å². The Morgan fingerprint density at radius 3 is 2.71 bits per heavy atom. The number of amides is 2. The highest BCUT2D eigenvalue weighted by molar-refractivity contribution is 7.16. The van der Waals surface area contributed by atoms with Crippen molar-refractivity contribution in [3.05, 3.63) is 35.5 Å². The van der Waals surface area contributed by atoms with E-state index in [1.165, 1.54) is 6.20 Å². The van der Waals surface area contributed by atoms with Gasteiger partial charge in [0.2, 0.25) is 11.9 Å². The summed E-state index contributed by atoms with van der Waals surface area (Å²) in [4.78, 5) is 35.8. The number of nitrogens with one attached hydrogen (secondary N) is 2. The highest BCUT2D eigenvalue weighted by Gasteiger charge is 2.17. The number of rotatable bonds is 8. The molecule has 0 aliphatic rings. The summed E-state index contributed by atoms with van der Waals surface area (Å²) in [6, 6.07) is 5.58. The minimum atomic E-state index is -0.640. The van der Waals surface area contributed by atoms with Gasteiger partial charge < -0.3 is 22.1 Å². The third-order valence-electron chi connectivity index (χ3n) is 4.22. The molecular weight excluding hydrogens is 378 g/mol.